The van der Waals surface area contributed by atoms with Gasteiger partial charge in [-0.15, -0.1) is 0 Å². The maximum atomic E-state index is 5.39. The van der Waals surface area contributed by atoms with Crippen molar-refractivity contribution in [3.05, 3.63) is 28.2 Å². The van der Waals surface area contributed by atoms with Gasteiger partial charge in [-0.2, -0.15) is 0 Å². The molecule has 1 fully saturated rings. The molecule has 0 aliphatic carbocycles. The molecule has 0 radical (unpaired) electrons. The Hall–Kier alpha value is -0.580. The Kier molecular flexibility index (Phi) is 5.67. The first kappa shape index (κ1) is 14.8. The molecule has 0 amide bonds. The van der Waals surface area contributed by atoms with Crippen molar-refractivity contribution in [3.8, 4) is 0 Å². The van der Waals surface area contributed by atoms with E-state index < -0.39 is 0 Å². The van der Waals surface area contributed by atoms with Crippen LogP contribution >= 0.6 is 15.9 Å². The SMILES string of the molecule is CC(C)CNCc1ccc(N2CCOCC2)c(Br)c1. The van der Waals surface area contributed by atoms with Crippen LogP contribution < -0.4 is 10.2 Å². The molecule has 1 saturated heterocycles. The molecule has 19 heavy (non-hydrogen) atoms. The van der Waals surface area contributed by atoms with Gasteiger partial charge in [0.1, 0.15) is 0 Å². The molecule has 0 spiro atoms. The number of anilines is 1. The Morgan fingerprint density at radius 2 is 2.05 bits per heavy atom. The Morgan fingerprint density at radius 1 is 1.32 bits per heavy atom. The lowest BCUT2D eigenvalue weighted by Gasteiger charge is -2.29. The quantitative estimate of drug-likeness (QED) is 0.900. The molecule has 2 rings (SSSR count). The van der Waals surface area contributed by atoms with Crippen LogP contribution in [-0.4, -0.2) is 32.8 Å². The van der Waals surface area contributed by atoms with Crippen LogP contribution in [0, 0.1) is 5.92 Å². The number of hydrogen-bond acceptors (Lipinski definition) is 3. The van der Waals surface area contributed by atoms with Crippen molar-refractivity contribution in [2.24, 2.45) is 5.92 Å². The molecule has 1 N–H and O–H groups in total. The number of nitrogens with one attached hydrogen (secondary N) is 1. The van der Waals surface area contributed by atoms with E-state index in [0.717, 1.165) is 39.4 Å². The minimum absolute atomic E-state index is 0.691. The summed E-state index contributed by atoms with van der Waals surface area (Å²) in [6.45, 7) is 10.0. The summed E-state index contributed by atoms with van der Waals surface area (Å²) < 4.78 is 6.57. The first-order valence-electron chi connectivity index (χ1n) is 6.98. The minimum Gasteiger partial charge on any atom is -0.378 e. The van der Waals surface area contributed by atoms with Crippen molar-refractivity contribution < 1.29 is 4.74 Å². The zero-order chi connectivity index (χ0) is 13.7. The van der Waals surface area contributed by atoms with Gasteiger partial charge in [0.25, 0.3) is 0 Å². The molecule has 106 valence electrons. The number of halogens is 1. The predicted octanol–water partition coefficient (Wildman–Crippen LogP) is 3.03. The molecule has 1 aliphatic rings. The normalized spacial score (nSPS) is 16.1. The molecule has 0 saturated carbocycles. The molecule has 4 heteroatoms. The van der Waals surface area contributed by atoms with E-state index in [0.29, 0.717) is 5.92 Å². The summed E-state index contributed by atoms with van der Waals surface area (Å²) in [6, 6.07) is 6.64. The van der Waals surface area contributed by atoms with Gasteiger partial charge < -0.3 is 15.0 Å². The van der Waals surface area contributed by atoms with E-state index in [1.807, 2.05) is 0 Å². The van der Waals surface area contributed by atoms with Crippen LogP contribution in [0.4, 0.5) is 5.69 Å². The Balaban J connectivity index is 1.96. The summed E-state index contributed by atoms with van der Waals surface area (Å²) in [7, 11) is 0. The smallest absolute Gasteiger partial charge is 0.0642 e. The van der Waals surface area contributed by atoms with Gasteiger partial charge in [-0.25, -0.2) is 0 Å². The van der Waals surface area contributed by atoms with Crippen LogP contribution in [-0.2, 0) is 11.3 Å². The van der Waals surface area contributed by atoms with Crippen molar-refractivity contribution >= 4 is 21.6 Å². The Labute approximate surface area is 124 Å². The van der Waals surface area contributed by atoms with Crippen LogP contribution in [0.1, 0.15) is 19.4 Å². The first-order valence-corrected chi connectivity index (χ1v) is 7.78. The van der Waals surface area contributed by atoms with Crippen LogP contribution in [0.3, 0.4) is 0 Å². The molecule has 0 unspecified atom stereocenters. The average Bonchev–Trinajstić information content (AvgIpc) is 2.39. The van der Waals surface area contributed by atoms with Crippen molar-refractivity contribution in [2.45, 2.75) is 20.4 Å². The maximum Gasteiger partial charge on any atom is 0.0642 e. The second kappa shape index (κ2) is 7.27. The van der Waals surface area contributed by atoms with E-state index in [1.165, 1.54) is 15.7 Å². The van der Waals surface area contributed by atoms with Gasteiger partial charge in [0.05, 0.1) is 18.9 Å². The molecular weight excluding hydrogens is 304 g/mol. The summed E-state index contributed by atoms with van der Waals surface area (Å²) in [5, 5.41) is 3.47. The largest absolute Gasteiger partial charge is 0.378 e. The van der Waals surface area contributed by atoms with Gasteiger partial charge >= 0.3 is 0 Å². The van der Waals surface area contributed by atoms with Crippen molar-refractivity contribution in [3.63, 3.8) is 0 Å². The summed E-state index contributed by atoms with van der Waals surface area (Å²) in [6.07, 6.45) is 0. The average molecular weight is 327 g/mol. The standard InChI is InChI=1S/C15H23BrN2O/c1-12(2)10-17-11-13-3-4-15(14(16)9-13)18-5-7-19-8-6-18/h3-4,9,12,17H,5-8,10-11H2,1-2H3. The fourth-order valence-electron chi connectivity index (χ4n) is 2.23. The molecule has 0 atom stereocenters. The summed E-state index contributed by atoms with van der Waals surface area (Å²) in [5.74, 6) is 0.691. The second-order valence-electron chi connectivity index (χ2n) is 5.41. The van der Waals surface area contributed by atoms with Gasteiger partial charge in [0, 0.05) is 24.1 Å². The molecular formula is C15H23BrN2O. The number of ether oxygens (including phenoxy) is 1. The lowest BCUT2D eigenvalue weighted by Crippen LogP contribution is -2.36. The fourth-order valence-corrected chi connectivity index (χ4v) is 2.90. The molecule has 3 nitrogen and oxygen atoms in total. The van der Waals surface area contributed by atoms with Gasteiger partial charge in [-0.3, -0.25) is 0 Å². The molecule has 1 aromatic rings. The second-order valence-corrected chi connectivity index (χ2v) is 6.26. The van der Waals surface area contributed by atoms with Crippen LogP contribution in [0.2, 0.25) is 0 Å². The van der Waals surface area contributed by atoms with E-state index in [2.05, 4.69) is 58.2 Å². The van der Waals surface area contributed by atoms with E-state index in [4.69, 9.17) is 4.74 Å². The van der Waals surface area contributed by atoms with Crippen molar-refractivity contribution in [1.82, 2.24) is 5.32 Å². The lowest BCUT2D eigenvalue weighted by molar-refractivity contribution is 0.122. The molecule has 0 aromatic heterocycles. The van der Waals surface area contributed by atoms with Gasteiger partial charge in [-0.1, -0.05) is 19.9 Å². The number of rotatable bonds is 5. The highest BCUT2D eigenvalue weighted by Crippen LogP contribution is 2.28. The lowest BCUT2D eigenvalue weighted by atomic mass is 10.1. The third-order valence-corrected chi connectivity index (χ3v) is 3.88. The topological polar surface area (TPSA) is 24.5 Å². The predicted molar refractivity (Wildman–Crippen MR) is 83.7 cm³/mol. The first-order chi connectivity index (χ1) is 9.16. The minimum atomic E-state index is 0.691. The number of nitrogens with zero attached hydrogens (tertiary/aromatic N) is 1. The fraction of sp³-hybridized carbons (Fsp3) is 0.600. The van der Waals surface area contributed by atoms with Gasteiger partial charge in [0.2, 0.25) is 0 Å². The number of benzene rings is 1. The van der Waals surface area contributed by atoms with Crippen molar-refractivity contribution in [1.29, 1.82) is 0 Å². The van der Waals surface area contributed by atoms with Gasteiger partial charge in [0.15, 0.2) is 0 Å². The van der Waals surface area contributed by atoms with Crippen LogP contribution in [0.15, 0.2) is 22.7 Å². The zero-order valence-electron chi connectivity index (χ0n) is 11.8. The molecule has 1 aliphatic heterocycles. The highest BCUT2D eigenvalue weighted by molar-refractivity contribution is 9.10. The summed E-state index contributed by atoms with van der Waals surface area (Å²) in [5.41, 5.74) is 2.60. The Morgan fingerprint density at radius 3 is 2.68 bits per heavy atom. The van der Waals surface area contributed by atoms with E-state index in [9.17, 15) is 0 Å². The molecule has 1 aromatic carbocycles. The monoisotopic (exact) mass is 326 g/mol. The van der Waals surface area contributed by atoms with Crippen LogP contribution in [0.5, 0.6) is 0 Å². The molecule has 0 bridgehead atoms. The maximum absolute atomic E-state index is 5.39. The molecule has 1 heterocycles. The summed E-state index contributed by atoms with van der Waals surface area (Å²) >= 11 is 3.69. The third kappa shape index (κ3) is 4.48. The summed E-state index contributed by atoms with van der Waals surface area (Å²) in [4.78, 5) is 2.37. The zero-order valence-corrected chi connectivity index (χ0v) is 13.4. The van der Waals surface area contributed by atoms with E-state index >= 15 is 0 Å². The van der Waals surface area contributed by atoms with Crippen LogP contribution in [0.25, 0.3) is 0 Å². The Bertz CT molecular complexity index is 403. The van der Waals surface area contributed by atoms with Gasteiger partial charge in [-0.05, 0) is 46.1 Å². The highest BCUT2D eigenvalue weighted by Gasteiger charge is 2.13. The number of hydrogen-bond donors (Lipinski definition) is 1. The van der Waals surface area contributed by atoms with Crippen molar-refractivity contribution in [2.75, 3.05) is 37.7 Å². The highest BCUT2D eigenvalue weighted by atomic mass is 79.9. The van der Waals surface area contributed by atoms with E-state index in [1.54, 1.807) is 0 Å². The van der Waals surface area contributed by atoms with E-state index in [-0.39, 0.29) is 0 Å². The number of morpholine rings is 1. The third-order valence-electron chi connectivity index (χ3n) is 3.25.